The van der Waals surface area contributed by atoms with Crippen molar-refractivity contribution in [1.29, 1.82) is 0 Å². The van der Waals surface area contributed by atoms with Gasteiger partial charge in [0.15, 0.2) is 0 Å². The maximum Gasteiger partial charge on any atom is 0.142 e. The van der Waals surface area contributed by atoms with E-state index in [-0.39, 0.29) is 5.41 Å². The molecule has 1 aromatic heterocycles. The fourth-order valence-electron chi connectivity index (χ4n) is 3.49. The van der Waals surface area contributed by atoms with E-state index in [2.05, 4.69) is 18.0 Å². The van der Waals surface area contributed by atoms with Crippen LogP contribution in [0.4, 0.5) is 0 Å². The summed E-state index contributed by atoms with van der Waals surface area (Å²) in [4.78, 5) is 3.48. The van der Waals surface area contributed by atoms with Crippen molar-refractivity contribution in [2.45, 2.75) is 25.2 Å². The largest absolute Gasteiger partial charge is 0.495 e. The quantitative estimate of drug-likeness (QED) is 0.904. The fourth-order valence-corrected chi connectivity index (χ4v) is 3.49. The molecule has 0 radical (unpaired) electrons. The summed E-state index contributed by atoms with van der Waals surface area (Å²) in [5.41, 5.74) is 9.79. The molecule has 2 heterocycles. The van der Waals surface area contributed by atoms with Crippen LogP contribution in [0.1, 0.15) is 24.1 Å². The Balaban J connectivity index is 2.22. The van der Waals surface area contributed by atoms with Gasteiger partial charge in [-0.2, -0.15) is 0 Å². The van der Waals surface area contributed by atoms with E-state index >= 15 is 0 Å². The molecule has 0 amide bonds. The zero-order chi connectivity index (χ0) is 14.2. The number of fused-ring (bicyclic) bond motifs is 1. The number of aromatic nitrogens is 1. The van der Waals surface area contributed by atoms with E-state index in [9.17, 15) is 0 Å². The van der Waals surface area contributed by atoms with Crippen LogP contribution in [0.15, 0.2) is 18.2 Å². The number of hydrogen-bond donors (Lipinski definition) is 2. The highest BCUT2D eigenvalue weighted by Gasteiger charge is 2.36. The van der Waals surface area contributed by atoms with Crippen LogP contribution in [0.3, 0.4) is 0 Å². The third-order valence-electron chi connectivity index (χ3n) is 4.57. The second kappa shape index (κ2) is 5.11. The first-order valence-electron chi connectivity index (χ1n) is 7.15. The predicted octanol–water partition coefficient (Wildman–Crippen LogP) is 2.49. The lowest BCUT2D eigenvalue weighted by atomic mass is 9.73. The van der Waals surface area contributed by atoms with Gasteiger partial charge in [-0.3, -0.25) is 0 Å². The van der Waals surface area contributed by atoms with Crippen LogP contribution >= 0.6 is 0 Å². The standard InChI is InChI=1S/C16H22N2O2/c1-11-14(16(10-17)6-8-20-9-7-16)12-4-3-5-13(19-2)15(12)18-11/h3-5,18H,6-10,17H2,1-2H3. The average Bonchev–Trinajstić information content (AvgIpc) is 2.84. The van der Waals surface area contributed by atoms with Gasteiger partial charge >= 0.3 is 0 Å². The minimum atomic E-state index is 0.0208. The van der Waals surface area contributed by atoms with Crippen molar-refractivity contribution in [2.75, 3.05) is 26.9 Å². The first kappa shape index (κ1) is 13.5. The molecule has 1 aromatic carbocycles. The third kappa shape index (κ3) is 1.91. The number of ether oxygens (including phenoxy) is 2. The number of nitrogens with one attached hydrogen (secondary N) is 1. The second-order valence-electron chi connectivity index (χ2n) is 5.60. The molecular weight excluding hydrogens is 252 g/mol. The minimum Gasteiger partial charge on any atom is -0.495 e. The summed E-state index contributed by atoms with van der Waals surface area (Å²) < 4.78 is 11.0. The average molecular weight is 274 g/mol. The lowest BCUT2D eigenvalue weighted by Crippen LogP contribution is -2.41. The number of H-pyrrole nitrogens is 1. The third-order valence-corrected chi connectivity index (χ3v) is 4.57. The summed E-state index contributed by atoms with van der Waals surface area (Å²) in [6.45, 7) is 4.35. The van der Waals surface area contributed by atoms with Crippen molar-refractivity contribution in [3.05, 3.63) is 29.5 Å². The molecule has 0 unspecified atom stereocenters. The number of benzene rings is 1. The van der Waals surface area contributed by atoms with Crippen LogP contribution in [-0.2, 0) is 10.2 Å². The molecule has 3 N–H and O–H groups in total. The lowest BCUT2D eigenvalue weighted by Gasteiger charge is -2.37. The summed E-state index contributed by atoms with van der Waals surface area (Å²) in [5.74, 6) is 0.885. The molecule has 4 nitrogen and oxygen atoms in total. The molecule has 1 saturated heterocycles. The summed E-state index contributed by atoms with van der Waals surface area (Å²) in [5, 5.41) is 1.23. The monoisotopic (exact) mass is 274 g/mol. The first-order valence-corrected chi connectivity index (χ1v) is 7.15. The highest BCUT2D eigenvalue weighted by molar-refractivity contribution is 5.90. The van der Waals surface area contributed by atoms with Gasteiger partial charge in [0, 0.05) is 36.3 Å². The Hall–Kier alpha value is -1.52. The van der Waals surface area contributed by atoms with Crippen molar-refractivity contribution in [2.24, 2.45) is 5.73 Å². The van der Waals surface area contributed by atoms with Gasteiger partial charge in [-0.25, -0.2) is 0 Å². The zero-order valence-corrected chi connectivity index (χ0v) is 12.2. The molecule has 1 fully saturated rings. The van der Waals surface area contributed by atoms with E-state index in [1.807, 2.05) is 12.1 Å². The van der Waals surface area contributed by atoms with Gasteiger partial charge in [0.05, 0.1) is 12.6 Å². The number of rotatable bonds is 3. The number of aryl methyl sites for hydroxylation is 1. The molecule has 108 valence electrons. The Morgan fingerprint density at radius 1 is 1.35 bits per heavy atom. The van der Waals surface area contributed by atoms with Crippen LogP contribution in [0, 0.1) is 6.92 Å². The zero-order valence-electron chi connectivity index (χ0n) is 12.2. The van der Waals surface area contributed by atoms with Crippen LogP contribution in [-0.4, -0.2) is 31.9 Å². The molecule has 20 heavy (non-hydrogen) atoms. The van der Waals surface area contributed by atoms with E-state index in [1.165, 1.54) is 16.6 Å². The summed E-state index contributed by atoms with van der Waals surface area (Å²) in [7, 11) is 1.71. The predicted molar refractivity (Wildman–Crippen MR) is 80.4 cm³/mol. The smallest absolute Gasteiger partial charge is 0.142 e. The van der Waals surface area contributed by atoms with Gasteiger partial charge < -0.3 is 20.2 Å². The highest BCUT2D eigenvalue weighted by Crippen LogP contribution is 2.41. The van der Waals surface area contributed by atoms with Gasteiger partial charge in [0.25, 0.3) is 0 Å². The summed E-state index contributed by atoms with van der Waals surface area (Å²) in [6, 6.07) is 6.19. The Labute approximate surface area is 119 Å². The minimum absolute atomic E-state index is 0.0208. The van der Waals surface area contributed by atoms with Gasteiger partial charge in [-0.05, 0) is 31.4 Å². The Morgan fingerprint density at radius 3 is 2.75 bits per heavy atom. The van der Waals surface area contributed by atoms with E-state index in [0.717, 1.165) is 37.3 Å². The van der Waals surface area contributed by atoms with E-state index in [4.69, 9.17) is 15.2 Å². The molecule has 4 heteroatoms. The molecule has 0 bridgehead atoms. The molecule has 0 aliphatic carbocycles. The molecular formula is C16H22N2O2. The van der Waals surface area contributed by atoms with Crippen LogP contribution in [0.5, 0.6) is 5.75 Å². The summed E-state index contributed by atoms with van der Waals surface area (Å²) >= 11 is 0. The second-order valence-corrected chi connectivity index (χ2v) is 5.60. The molecule has 0 spiro atoms. The molecule has 2 aromatic rings. The van der Waals surface area contributed by atoms with Crippen molar-refractivity contribution in [3.63, 3.8) is 0 Å². The topological polar surface area (TPSA) is 60.3 Å². The van der Waals surface area contributed by atoms with E-state index in [0.29, 0.717) is 6.54 Å². The van der Waals surface area contributed by atoms with Gasteiger partial charge in [-0.1, -0.05) is 12.1 Å². The van der Waals surface area contributed by atoms with Crippen molar-refractivity contribution in [3.8, 4) is 5.75 Å². The van der Waals surface area contributed by atoms with Gasteiger partial charge in [-0.15, -0.1) is 0 Å². The molecule has 3 rings (SSSR count). The van der Waals surface area contributed by atoms with E-state index < -0.39 is 0 Å². The van der Waals surface area contributed by atoms with E-state index in [1.54, 1.807) is 7.11 Å². The van der Waals surface area contributed by atoms with Gasteiger partial charge in [0.1, 0.15) is 5.75 Å². The SMILES string of the molecule is COc1cccc2c(C3(CN)CCOCC3)c(C)[nH]c12. The number of para-hydroxylation sites is 1. The van der Waals surface area contributed by atoms with Crippen LogP contribution < -0.4 is 10.5 Å². The fraction of sp³-hybridized carbons (Fsp3) is 0.500. The Kier molecular flexibility index (Phi) is 3.44. The van der Waals surface area contributed by atoms with Crippen molar-refractivity contribution < 1.29 is 9.47 Å². The molecule has 1 aliphatic heterocycles. The molecule has 1 aliphatic rings. The Morgan fingerprint density at radius 2 is 2.10 bits per heavy atom. The first-order chi connectivity index (χ1) is 9.72. The van der Waals surface area contributed by atoms with Gasteiger partial charge in [0.2, 0.25) is 0 Å². The van der Waals surface area contributed by atoms with Crippen LogP contribution in [0.2, 0.25) is 0 Å². The maximum atomic E-state index is 6.16. The highest BCUT2D eigenvalue weighted by atomic mass is 16.5. The van der Waals surface area contributed by atoms with Crippen molar-refractivity contribution in [1.82, 2.24) is 4.98 Å². The van der Waals surface area contributed by atoms with Crippen LogP contribution in [0.25, 0.3) is 10.9 Å². The molecule has 0 saturated carbocycles. The Bertz CT molecular complexity index is 612. The summed E-state index contributed by atoms with van der Waals surface area (Å²) in [6.07, 6.45) is 1.96. The number of nitrogens with two attached hydrogens (primary N) is 1. The normalized spacial score (nSPS) is 18.4. The maximum absolute atomic E-state index is 6.16. The van der Waals surface area contributed by atoms with Crippen molar-refractivity contribution >= 4 is 10.9 Å². The molecule has 0 atom stereocenters. The number of methoxy groups -OCH3 is 1. The lowest BCUT2D eigenvalue weighted by molar-refractivity contribution is 0.0532. The number of aromatic amines is 1. The number of hydrogen-bond acceptors (Lipinski definition) is 3.